The lowest BCUT2D eigenvalue weighted by molar-refractivity contribution is -0.161. The Morgan fingerprint density at radius 3 is 0.676 bits per heavy atom. The number of unbranched alkanes of at least 4 members (excludes halogenated alkanes) is 53. The van der Waals surface area contributed by atoms with Crippen molar-refractivity contribution in [2.75, 3.05) is 39.6 Å². The third kappa shape index (κ3) is 77.2. The molecule has 105 heavy (non-hydrogen) atoms. The molecule has 0 aliphatic carbocycles. The lowest BCUT2D eigenvalue weighted by Crippen LogP contribution is -2.30. The number of aliphatic hydroxyl groups excluding tert-OH is 1. The number of aliphatic hydroxyl groups is 1. The smallest absolute Gasteiger partial charge is 0.462 e. The van der Waals surface area contributed by atoms with Crippen LogP contribution in [0.2, 0.25) is 0 Å². The van der Waals surface area contributed by atoms with Crippen LogP contribution in [0.3, 0.4) is 0 Å². The number of carbonyl (C=O) groups is 4. The maximum Gasteiger partial charge on any atom is 0.472 e. The Bertz CT molecular complexity index is 2010. The van der Waals surface area contributed by atoms with Gasteiger partial charge in [0.1, 0.15) is 19.3 Å². The summed E-state index contributed by atoms with van der Waals surface area (Å²) in [6.45, 7) is 9.72. The van der Waals surface area contributed by atoms with Crippen LogP contribution in [0.1, 0.15) is 459 Å². The van der Waals surface area contributed by atoms with Crippen molar-refractivity contribution in [1.29, 1.82) is 0 Å². The van der Waals surface area contributed by atoms with E-state index in [1.165, 1.54) is 270 Å². The molecule has 0 aliphatic heterocycles. The molecule has 3 N–H and O–H groups in total. The van der Waals surface area contributed by atoms with Gasteiger partial charge in [-0.15, -0.1) is 0 Å². The Kier molecular flexibility index (Phi) is 76.0. The molecule has 0 aliphatic rings. The molecule has 0 aromatic carbocycles. The molecular formula is C86H168O17P2. The molecule has 0 aromatic heterocycles. The van der Waals surface area contributed by atoms with E-state index in [0.717, 1.165) is 108 Å². The Balaban J connectivity index is 5.18. The fourth-order valence-corrected chi connectivity index (χ4v) is 14.9. The van der Waals surface area contributed by atoms with Crippen molar-refractivity contribution in [3.8, 4) is 0 Å². The maximum atomic E-state index is 13.1. The van der Waals surface area contributed by atoms with Gasteiger partial charge in [-0.2, -0.15) is 0 Å². The van der Waals surface area contributed by atoms with Gasteiger partial charge in [0.2, 0.25) is 0 Å². The first-order valence-electron chi connectivity index (χ1n) is 44.6. The van der Waals surface area contributed by atoms with Crippen LogP contribution in [0.25, 0.3) is 0 Å². The van der Waals surface area contributed by atoms with Crippen molar-refractivity contribution >= 4 is 39.5 Å². The summed E-state index contributed by atoms with van der Waals surface area (Å²) in [5, 5.41) is 10.7. The molecular weight excluding hydrogens is 1370 g/mol. The third-order valence-corrected chi connectivity index (χ3v) is 22.8. The highest BCUT2D eigenvalue weighted by molar-refractivity contribution is 7.47. The minimum atomic E-state index is -4.97. The summed E-state index contributed by atoms with van der Waals surface area (Å²) < 4.78 is 68.8. The second-order valence-electron chi connectivity index (χ2n) is 31.4. The second kappa shape index (κ2) is 77.4. The third-order valence-electron chi connectivity index (χ3n) is 20.9. The van der Waals surface area contributed by atoms with Gasteiger partial charge >= 0.3 is 39.5 Å². The first-order chi connectivity index (χ1) is 50.9. The molecule has 0 bridgehead atoms. The second-order valence-corrected chi connectivity index (χ2v) is 34.3. The first kappa shape index (κ1) is 103. The Morgan fingerprint density at radius 1 is 0.267 bits per heavy atom. The fraction of sp³-hybridized carbons (Fsp3) is 0.953. The van der Waals surface area contributed by atoms with Crippen molar-refractivity contribution in [1.82, 2.24) is 0 Å². The largest absolute Gasteiger partial charge is 0.472 e. The summed E-state index contributed by atoms with van der Waals surface area (Å²) in [7, 11) is -9.92. The molecule has 4 unspecified atom stereocenters. The van der Waals surface area contributed by atoms with Crippen molar-refractivity contribution in [2.24, 2.45) is 11.8 Å². The van der Waals surface area contributed by atoms with Crippen molar-refractivity contribution < 1.29 is 80.2 Å². The van der Waals surface area contributed by atoms with Gasteiger partial charge in [0.25, 0.3) is 0 Å². The van der Waals surface area contributed by atoms with Gasteiger partial charge in [-0.25, -0.2) is 9.13 Å². The van der Waals surface area contributed by atoms with Gasteiger partial charge in [-0.3, -0.25) is 37.3 Å². The highest BCUT2D eigenvalue weighted by atomic mass is 31.2. The van der Waals surface area contributed by atoms with E-state index in [1.807, 2.05) is 0 Å². The lowest BCUT2D eigenvalue weighted by Gasteiger charge is -2.21. The topological polar surface area (TPSA) is 237 Å². The molecule has 0 rings (SSSR count). The molecule has 0 amide bonds. The van der Waals surface area contributed by atoms with Crippen LogP contribution in [0.5, 0.6) is 0 Å². The van der Waals surface area contributed by atoms with Crippen LogP contribution < -0.4 is 0 Å². The number of carbonyl (C=O) groups excluding carboxylic acids is 4. The number of ether oxygens (including phenoxy) is 4. The summed E-state index contributed by atoms with van der Waals surface area (Å²) >= 11 is 0. The van der Waals surface area contributed by atoms with Gasteiger partial charge in [-0.05, 0) is 37.5 Å². The molecule has 0 heterocycles. The molecule has 0 saturated heterocycles. The van der Waals surface area contributed by atoms with E-state index in [4.69, 9.17) is 37.0 Å². The van der Waals surface area contributed by atoms with Crippen molar-refractivity contribution in [2.45, 2.75) is 477 Å². The quantitative estimate of drug-likeness (QED) is 0.0222. The average Bonchev–Trinajstić information content (AvgIpc) is 0.934. The summed E-state index contributed by atoms with van der Waals surface area (Å²) in [6.07, 6.45) is 69.6. The van der Waals surface area contributed by atoms with E-state index in [1.54, 1.807) is 0 Å². The molecule has 0 spiro atoms. The molecule has 0 aromatic rings. The Labute approximate surface area is 645 Å². The van der Waals surface area contributed by atoms with E-state index < -0.39 is 97.5 Å². The molecule has 0 saturated carbocycles. The van der Waals surface area contributed by atoms with Crippen LogP contribution in [0.4, 0.5) is 0 Å². The zero-order valence-electron chi connectivity index (χ0n) is 69.0. The minimum Gasteiger partial charge on any atom is -0.462 e. The highest BCUT2D eigenvalue weighted by Gasteiger charge is 2.30. The summed E-state index contributed by atoms with van der Waals surface area (Å²) in [5.41, 5.74) is 0. The highest BCUT2D eigenvalue weighted by Crippen LogP contribution is 2.45. The van der Waals surface area contributed by atoms with Gasteiger partial charge in [-0.1, -0.05) is 408 Å². The summed E-state index contributed by atoms with van der Waals surface area (Å²) in [6, 6.07) is 0. The molecule has 624 valence electrons. The molecule has 0 fully saturated rings. The predicted molar refractivity (Wildman–Crippen MR) is 432 cm³/mol. The van der Waals surface area contributed by atoms with Crippen LogP contribution in [-0.2, 0) is 65.4 Å². The predicted octanol–water partition coefficient (Wildman–Crippen LogP) is 26.2. The molecule has 7 atom stereocenters. The monoisotopic (exact) mass is 1540 g/mol. The number of hydrogen-bond donors (Lipinski definition) is 3. The van der Waals surface area contributed by atoms with Crippen LogP contribution >= 0.6 is 15.6 Å². The molecule has 0 radical (unpaired) electrons. The van der Waals surface area contributed by atoms with E-state index in [2.05, 4.69) is 41.5 Å². The zero-order chi connectivity index (χ0) is 77.1. The molecule has 17 nitrogen and oxygen atoms in total. The Hall–Kier alpha value is -1.94. The summed E-state index contributed by atoms with van der Waals surface area (Å²) in [5.74, 6) is -0.432. The van der Waals surface area contributed by atoms with Crippen LogP contribution in [0.15, 0.2) is 0 Å². The number of phosphoric ester groups is 2. The van der Waals surface area contributed by atoms with Crippen molar-refractivity contribution in [3.05, 3.63) is 0 Å². The SMILES string of the molecule is CCCCCCCCCCCCCCCCCCCCCCCC(=O)OC[C@H](COP(=O)(O)OC[C@@H](O)COP(=O)(O)OC[C@@H](COC(=O)CCCCCCCCCC)OC(=O)CCCCCCCCCCCCC(C)CC)OC(=O)CCCCCCCCCCCCCCCCCCCCC(C)CC. The van der Waals surface area contributed by atoms with Gasteiger partial charge in [0.15, 0.2) is 12.2 Å². The number of phosphoric acid groups is 2. The average molecular weight is 1540 g/mol. The standard InChI is InChI=1S/C86H168O17P2/c1-7-11-13-15-17-19-20-21-22-23-24-25-26-30-33-36-39-45-51-57-63-69-84(89)97-75-82(103-85(90)70-64-58-52-46-40-37-34-31-28-27-29-32-35-38-43-48-54-60-66-78(5)9-3)77-101-105(94,95)99-73-80(87)72-98-104(92,93)100-76-81(74-96-83(88)68-62-56-50-18-16-14-12-8-2)102-86(91)71-65-59-53-47-42-41-44-49-55-61-67-79(6)10-4/h78-82,87H,7-77H2,1-6H3,(H,92,93)(H,94,95)/t78?,79?,80-,81+,82+/m0/s1. The number of rotatable bonds is 85. The fourth-order valence-electron chi connectivity index (χ4n) is 13.4. The van der Waals surface area contributed by atoms with Crippen LogP contribution in [0, 0.1) is 11.8 Å². The van der Waals surface area contributed by atoms with E-state index >= 15 is 0 Å². The zero-order valence-corrected chi connectivity index (χ0v) is 70.8. The summed E-state index contributed by atoms with van der Waals surface area (Å²) in [4.78, 5) is 73.1. The van der Waals surface area contributed by atoms with Gasteiger partial charge in [0.05, 0.1) is 26.4 Å². The lowest BCUT2D eigenvalue weighted by atomic mass is 9.99. The first-order valence-corrected chi connectivity index (χ1v) is 47.6. The number of hydrogen-bond acceptors (Lipinski definition) is 15. The normalized spacial score (nSPS) is 14.3. The molecule has 19 heteroatoms. The van der Waals surface area contributed by atoms with Crippen LogP contribution in [-0.4, -0.2) is 96.7 Å². The Morgan fingerprint density at radius 2 is 0.457 bits per heavy atom. The minimum absolute atomic E-state index is 0.106. The van der Waals surface area contributed by atoms with E-state index in [0.29, 0.717) is 25.7 Å². The van der Waals surface area contributed by atoms with Gasteiger partial charge < -0.3 is 33.8 Å². The number of esters is 4. The maximum absolute atomic E-state index is 13.1. The van der Waals surface area contributed by atoms with E-state index in [-0.39, 0.29) is 25.7 Å². The van der Waals surface area contributed by atoms with E-state index in [9.17, 15) is 43.2 Å². The van der Waals surface area contributed by atoms with Crippen molar-refractivity contribution in [3.63, 3.8) is 0 Å². The van der Waals surface area contributed by atoms with Gasteiger partial charge in [0, 0.05) is 25.7 Å².